The zero-order valence-corrected chi connectivity index (χ0v) is 7.07. The van der Waals surface area contributed by atoms with Gasteiger partial charge in [0.2, 0.25) is 0 Å². The first kappa shape index (κ1) is 8.96. The quantitative estimate of drug-likeness (QED) is 0.616. The standard InChI is InChI=1S/C8H19N.H2/c1-5-8(6-9-4)7(2)3;/h7-9H,5-6H2,1-4H3;1H/t8-;/m1./s1. The van der Waals surface area contributed by atoms with Gasteiger partial charge in [-0.3, -0.25) is 0 Å². The summed E-state index contributed by atoms with van der Waals surface area (Å²) in [5.74, 6) is 1.68. The summed E-state index contributed by atoms with van der Waals surface area (Å²) in [7, 11) is 2.02. The van der Waals surface area contributed by atoms with Crippen LogP contribution in [-0.2, 0) is 0 Å². The lowest BCUT2D eigenvalue weighted by molar-refractivity contribution is 0.362. The van der Waals surface area contributed by atoms with E-state index in [1.54, 1.807) is 0 Å². The average Bonchev–Trinajstić information content (AvgIpc) is 1.82. The van der Waals surface area contributed by atoms with Crippen molar-refractivity contribution in [2.45, 2.75) is 27.2 Å². The number of hydrogen-bond acceptors (Lipinski definition) is 1. The van der Waals surface area contributed by atoms with Crippen molar-refractivity contribution in [2.24, 2.45) is 11.8 Å². The van der Waals surface area contributed by atoms with Gasteiger partial charge in [-0.1, -0.05) is 27.2 Å². The second-order valence-corrected chi connectivity index (χ2v) is 2.97. The van der Waals surface area contributed by atoms with Gasteiger partial charge in [0, 0.05) is 1.43 Å². The molecule has 0 aliphatic rings. The van der Waals surface area contributed by atoms with Crippen molar-refractivity contribution in [1.82, 2.24) is 5.32 Å². The van der Waals surface area contributed by atoms with Crippen LogP contribution in [-0.4, -0.2) is 13.6 Å². The molecule has 0 aromatic heterocycles. The Hall–Kier alpha value is -0.0400. The molecule has 0 bridgehead atoms. The molecule has 0 saturated heterocycles. The summed E-state index contributed by atoms with van der Waals surface area (Å²) >= 11 is 0. The third kappa shape index (κ3) is 3.52. The van der Waals surface area contributed by atoms with Crippen LogP contribution in [0.3, 0.4) is 0 Å². The van der Waals surface area contributed by atoms with E-state index in [2.05, 4.69) is 26.1 Å². The predicted octanol–water partition coefficient (Wildman–Crippen LogP) is 2.13. The van der Waals surface area contributed by atoms with Gasteiger partial charge in [0.1, 0.15) is 0 Å². The van der Waals surface area contributed by atoms with Crippen LogP contribution in [0.4, 0.5) is 0 Å². The number of rotatable bonds is 4. The van der Waals surface area contributed by atoms with E-state index >= 15 is 0 Å². The Morgan fingerprint density at radius 2 is 2.00 bits per heavy atom. The maximum Gasteiger partial charge on any atom is 0 e. The van der Waals surface area contributed by atoms with Gasteiger partial charge in [-0.2, -0.15) is 0 Å². The molecule has 0 aromatic rings. The van der Waals surface area contributed by atoms with Gasteiger partial charge in [0.05, 0.1) is 0 Å². The summed E-state index contributed by atoms with van der Waals surface area (Å²) in [5.41, 5.74) is 0. The zero-order chi connectivity index (χ0) is 7.28. The highest BCUT2D eigenvalue weighted by atomic mass is 14.8. The molecule has 0 rings (SSSR count). The summed E-state index contributed by atoms with van der Waals surface area (Å²) in [6.07, 6.45) is 1.29. The van der Waals surface area contributed by atoms with E-state index in [1.807, 2.05) is 7.05 Å². The first-order chi connectivity index (χ1) is 4.22. The minimum Gasteiger partial charge on any atom is -0.319 e. The first-order valence-electron chi connectivity index (χ1n) is 3.87. The van der Waals surface area contributed by atoms with Crippen LogP contribution in [0, 0.1) is 11.8 Å². The van der Waals surface area contributed by atoms with Crippen molar-refractivity contribution in [3.63, 3.8) is 0 Å². The lowest BCUT2D eigenvalue weighted by atomic mass is 9.93. The van der Waals surface area contributed by atoms with Crippen molar-refractivity contribution < 1.29 is 1.43 Å². The Morgan fingerprint density at radius 1 is 1.44 bits per heavy atom. The van der Waals surface area contributed by atoms with Crippen molar-refractivity contribution in [3.8, 4) is 0 Å². The van der Waals surface area contributed by atoms with E-state index in [1.165, 1.54) is 6.42 Å². The summed E-state index contributed by atoms with van der Waals surface area (Å²) in [6, 6.07) is 0. The molecule has 1 atom stereocenters. The van der Waals surface area contributed by atoms with Gasteiger partial charge in [-0.25, -0.2) is 0 Å². The Bertz CT molecular complexity index is 64.3. The van der Waals surface area contributed by atoms with Crippen molar-refractivity contribution in [3.05, 3.63) is 0 Å². The fourth-order valence-electron chi connectivity index (χ4n) is 1.11. The summed E-state index contributed by atoms with van der Waals surface area (Å²) in [6.45, 7) is 7.98. The molecule has 0 spiro atoms. The van der Waals surface area contributed by atoms with Crippen molar-refractivity contribution in [1.29, 1.82) is 0 Å². The second-order valence-electron chi connectivity index (χ2n) is 2.97. The molecule has 0 unspecified atom stereocenters. The largest absolute Gasteiger partial charge is 0.319 e. The molecular formula is C8H21N. The van der Waals surface area contributed by atoms with Crippen LogP contribution < -0.4 is 5.32 Å². The Balaban J connectivity index is 0. The van der Waals surface area contributed by atoms with Crippen LogP contribution in [0.25, 0.3) is 0 Å². The Kier molecular flexibility index (Phi) is 4.78. The molecule has 0 radical (unpaired) electrons. The molecule has 0 aliphatic carbocycles. The van der Waals surface area contributed by atoms with Gasteiger partial charge in [0.15, 0.2) is 0 Å². The molecule has 1 heteroatoms. The van der Waals surface area contributed by atoms with Crippen molar-refractivity contribution >= 4 is 0 Å². The van der Waals surface area contributed by atoms with Gasteiger partial charge in [-0.15, -0.1) is 0 Å². The minimum absolute atomic E-state index is 0. The van der Waals surface area contributed by atoms with Gasteiger partial charge >= 0.3 is 0 Å². The highest BCUT2D eigenvalue weighted by molar-refractivity contribution is 4.61. The summed E-state index contributed by atoms with van der Waals surface area (Å²) in [4.78, 5) is 0. The Labute approximate surface area is 60.3 Å². The highest BCUT2D eigenvalue weighted by Gasteiger charge is 2.08. The molecule has 58 valence electrons. The molecule has 0 aliphatic heterocycles. The van der Waals surface area contributed by atoms with Crippen molar-refractivity contribution in [2.75, 3.05) is 13.6 Å². The lowest BCUT2D eigenvalue weighted by Gasteiger charge is -2.17. The average molecular weight is 131 g/mol. The SMILES string of the molecule is CC[C@H](CNC)C(C)C.[HH]. The van der Waals surface area contributed by atoms with E-state index in [0.29, 0.717) is 0 Å². The van der Waals surface area contributed by atoms with Gasteiger partial charge in [0.25, 0.3) is 0 Å². The normalized spacial score (nSPS) is 14.3. The fraction of sp³-hybridized carbons (Fsp3) is 1.00. The van der Waals surface area contributed by atoms with E-state index in [-0.39, 0.29) is 1.43 Å². The maximum absolute atomic E-state index is 3.20. The maximum atomic E-state index is 3.20. The molecule has 0 heterocycles. The fourth-order valence-corrected chi connectivity index (χ4v) is 1.11. The second kappa shape index (κ2) is 4.80. The van der Waals surface area contributed by atoms with Crippen LogP contribution in [0.2, 0.25) is 0 Å². The van der Waals surface area contributed by atoms with Gasteiger partial charge in [-0.05, 0) is 25.4 Å². The van der Waals surface area contributed by atoms with E-state index < -0.39 is 0 Å². The molecule has 1 nitrogen and oxygen atoms in total. The monoisotopic (exact) mass is 131 g/mol. The smallest absolute Gasteiger partial charge is 0 e. The molecule has 0 saturated carbocycles. The van der Waals surface area contributed by atoms with Crippen LogP contribution >= 0.6 is 0 Å². The molecule has 0 aromatic carbocycles. The topological polar surface area (TPSA) is 12.0 Å². The van der Waals surface area contributed by atoms with E-state index in [4.69, 9.17) is 0 Å². The first-order valence-corrected chi connectivity index (χ1v) is 3.87. The Morgan fingerprint density at radius 3 is 2.11 bits per heavy atom. The van der Waals surface area contributed by atoms with Gasteiger partial charge < -0.3 is 5.32 Å². The highest BCUT2D eigenvalue weighted by Crippen LogP contribution is 2.12. The summed E-state index contributed by atoms with van der Waals surface area (Å²) < 4.78 is 0. The van der Waals surface area contributed by atoms with Crippen LogP contribution in [0.1, 0.15) is 28.6 Å². The predicted molar refractivity (Wildman–Crippen MR) is 44.7 cm³/mol. The van der Waals surface area contributed by atoms with Crippen LogP contribution in [0.5, 0.6) is 0 Å². The third-order valence-corrected chi connectivity index (χ3v) is 1.93. The summed E-state index contributed by atoms with van der Waals surface area (Å²) in [5, 5.41) is 3.20. The van der Waals surface area contributed by atoms with E-state index in [9.17, 15) is 0 Å². The third-order valence-electron chi connectivity index (χ3n) is 1.93. The van der Waals surface area contributed by atoms with Crippen LogP contribution in [0.15, 0.2) is 0 Å². The number of hydrogen-bond donors (Lipinski definition) is 1. The molecule has 1 N–H and O–H groups in total. The molecule has 0 fully saturated rings. The molecule has 0 amide bonds. The lowest BCUT2D eigenvalue weighted by Crippen LogP contribution is -2.22. The minimum atomic E-state index is 0. The molecule has 9 heavy (non-hydrogen) atoms. The van der Waals surface area contributed by atoms with E-state index in [0.717, 1.165) is 18.4 Å². The zero-order valence-electron chi connectivity index (χ0n) is 7.07. The molecular weight excluding hydrogens is 110 g/mol. The number of nitrogens with one attached hydrogen (secondary N) is 1.